The zero-order valence-corrected chi connectivity index (χ0v) is 26.5. The van der Waals surface area contributed by atoms with E-state index < -0.39 is 29.7 Å². The van der Waals surface area contributed by atoms with E-state index in [2.05, 4.69) is 16.0 Å². The van der Waals surface area contributed by atoms with Gasteiger partial charge in [-0.1, -0.05) is 24.3 Å². The van der Waals surface area contributed by atoms with Gasteiger partial charge in [-0.3, -0.25) is 14.4 Å². The first-order chi connectivity index (χ1) is 21.9. The number of hydrogen-bond donors (Lipinski definition) is 4. The summed E-state index contributed by atoms with van der Waals surface area (Å²) in [5.41, 5.74) is 2.10. The van der Waals surface area contributed by atoms with Crippen molar-refractivity contribution in [2.45, 2.75) is 64.6 Å². The Labute approximate surface area is 268 Å². The molecule has 0 bridgehead atoms. The fourth-order valence-corrected chi connectivity index (χ4v) is 5.39. The molecule has 248 valence electrons. The summed E-state index contributed by atoms with van der Waals surface area (Å²) >= 11 is 0. The van der Waals surface area contributed by atoms with Crippen LogP contribution in [0.5, 0.6) is 0 Å². The highest BCUT2D eigenvalue weighted by Crippen LogP contribution is 2.23. The molecule has 2 aliphatic rings. The van der Waals surface area contributed by atoms with E-state index in [0.29, 0.717) is 50.5 Å². The number of rotatable bonds is 9. The molecule has 4 N–H and O–H groups in total. The number of anilines is 2. The summed E-state index contributed by atoms with van der Waals surface area (Å²) < 4.78 is 10.8. The van der Waals surface area contributed by atoms with Crippen molar-refractivity contribution in [2.75, 3.05) is 43.5 Å². The number of piperidine rings is 1. The van der Waals surface area contributed by atoms with Crippen molar-refractivity contribution in [3.63, 3.8) is 0 Å². The molecule has 4 rings (SSSR count). The molecule has 0 aliphatic carbocycles. The minimum Gasteiger partial charge on any atom is -0.481 e. The van der Waals surface area contributed by atoms with Gasteiger partial charge in [-0.05, 0) is 74.9 Å². The molecule has 13 nitrogen and oxygen atoms in total. The molecule has 2 heterocycles. The number of alkyl carbamates (subject to hydrolysis) is 1. The predicted molar refractivity (Wildman–Crippen MR) is 170 cm³/mol. The number of morpholine rings is 1. The van der Waals surface area contributed by atoms with E-state index in [9.17, 15) is 24.0 Å². The zero-order valence-electron chi connectivity index (χ0n) is 26.5. The lowest BCUT2D eigenvalue weighted by Crippen LogP contribution is -2.58. The number of nitrogens with one attached hydrogen (secondary N) is 3. The van der Waals surface area contributed by atoms with Crippen LogP contribution in [-0.4, -0.2) is 89.3 Å². The molecule has 1 atom stereocenters. The lowest BCUT2D eigenvalue weighted by atomic mass is 9.93. The summed E-state index contributed by atoms with van der Waals surface area (Å²) in [4.78, 5) is 65.3. The molecule has 13 heteroatoms. The van der Waals surface area contributed by atoms with Gasteiger partial charge in [-0.15, -0.1) is 0 Å². The number of benzene rings is 2. The fourth-order valence-electron chi connectivity index (χ4n) is 5.39. The fraction of sp³-hybridized carbons (Fsp3) is 0.485. The van der Waals surface area contributed by atoms with Gasteiger partial charge in [0.05, 0.1) is 19.6 Å². The number of carboxylic acids is 1. The lowest BCUT2D eigenvalue weighted by Gasteiger charge is -2.39. The van der Waals surface area contributed by atoms with Gasteiger partial charge in [0.2, 0.25) is 11.8 Å². The molecule has 2 aromatic carbocycles. The van der Waals surface area contributed by atoms with Crippen LogP contribution < -0.4 is 16.0 Å². The van der Waals surface area contributed by atoms with E-state index in [1.165, 1.54) is 0 Å². The van der Waals surface area contributed by atoms with Crippen molar-refractivity contribution in [1.82, 2.24) is 15.1 Å². The molecule has 2 aromatic rings. The smallest absolute Gasteiger partial charge is 0.407 e. The minimum absolute atomic E-state index is 0.0539. The van der Waals surface area contributed by atoms with Gasteiger partial charge in [0.25, 0.3) is 0 Å². The van der Waals surface area contributed by atoms with Crippen LogP contribution in [0.1, 0.15) is 51.2 Å². The third-order valence-electron chi connectivity index (χ3n) is 7.74. The van der Waals surface area contributed by atoms with E-state index in [1.807, 2.05) is 0 Å². The van der Waals surface area contributed by atoms with Gasteiger partial charge in [-0.2, -0.15) is 0 Å². The Balaban J connectivity index is 1.24. The van der Waals surface area contributed by atoms with Crippen LogP contribution in [0.3, 0.4) is 0 Å². The molecular weight excluding hydrogens is 594 g/mol. The van der Waals surface area contributed by atoms with Crippen LogP contribution in [0.4, 0.5) is 21.0 Å². The van der Waals surface area contributed by atoms with E-state index in [4.69, 9.17) is 14.6 Å². The second kappa shape index (κ2) is 15.6. The quantitative estimate of drug-likeness (QED) is 0.322. The standard InChI is InChI=1S/C33H43N5O8/c1-33(2,3)46-32(44)34-20-24-6-10-26(11-7-24)36-31(43)35-25-8-4-22(5-9-25)18-28(39)38-16-17-45-21-27(38)30(42)37-14-12-23(13-15-37)19-29(40)41/h4-11,23,27H,12-21H2,1-3H3,(H,34,44)(H,40,41)(H2,35,36,43)/t27-/m0/s1. The molecule has 0 aromatic heterocycles. The molecule has 0 spiro atoms. The van der Waals surface area contributed by atoms with Crippen molar-refractivity contribution in [3.05, 3.63) is 59.7 Å². The Bertz CT molecular complexity index is 1380. The SMILES string of the molecule is CC(C)(C)OC(=O)NCc1ccc(NC(=O)Nc2ccc(CC(=O)N3CCOC[C@H]3C(=O)N3CCC(CC(=O)O)CC3)cc2)cc1. The van der Waals surface area contributed by atoms with Gasteiger partial charge in [0, 0.05) is 44.0 Å². The number of likely N-dealkylation sites (tertiary alicyclic amines) is 1. The first-order valence-electron chi connectivity index (χ1n) is 15.5. The Morgan fingerprint density at radius 3 is 2.04 bits per heavy atom. The minimum atomic E-state index is -0.830. The first-order valence-corrected chi connectivity index (χ1v) is 15.5. The molecule has 0 saturated carbocycles. The van der Waals surface area contributed by atoms with Gasteiger partial charge >= 0.3 is 18.1 Å². The van der Waals surface area contributed by atoms with Crippen LogP contribution in [0.15, 0.2) is 48.5 Å². The number of urea groups is 1. The maximum atomic E-state index is 13.3. The largest absolute Gasteiger partial charge is 0.481 e. The number of carbonyl (C=O) groups excluding carboxylic acids is 4. The van der Waals surface area contributed by atoms with Crippen LogP contribution in [0.2, 0.25) is 0 Å². The molecule has 0 radical (unpaired) electrons. The Hall–Kier alpha value is -4.65. The monoisotopic (exact) mass is 637 g/mol. The van der Waals surface area contributed by atoms with Gasteiger partial charge in [0.1, 0.15) is 11.6 Å². The molecule has 5 amide bonds. The number of aliphatic carboxylic acids is 1. The number of carboxylic acid groups (broad SMARTS) is 1. The normalized spacial score (nSPS) is 17.2. The highest BCUT2D eigenvalue weighted by atomic mass is 16.6. The van der Waals surface area contributed by atoms with E-state index in [-0.39, 0.29) is 43.7 Å². The van der Waals surface area contributed by atoms with E-state index in [1.54, 1.807) is 79.1 Å². The first kappa shape index (κ1) is 34.2. The highest BCUT2D eigenvalue weighted by molar-refractivity contribution is 5.99. The Morgan fingerprint density at radius 1 is 0.891 bits per heavy atom. The number of amides is 5. The maximum Gasteiger partial charge on any atom is 0.407 e. The summed E-state index contributed by atoms with van der Waals surface area (Å²) in [6.45, 7) is 7.38. The average Bonchev–Trinajstić information content (AvgIpc) is 3.00. The molecule has 0 unspecified atom stereocenters. The topological polar surface area (TPSA) is 167 Å². The van der Waals surface area contributed by atoms with Gasteiger partial charge in [0.15, 0.2) is 0 Å². The van der Waals surface area contributed by atoms with E-state index in [0.717, 1.165) is 11.1 Å². The van der Waals surface area contributed by atoms with Crippen LogP contribution in [0, 0.1) is 5.92 Å². The second-order valence-electron chi connectivity index (χ2n) is 12.5. The zero-order chi connectivity index (χ0) is 33.3. The number of ether oxygens (including phenoxy) is 2. The summed E-state index contributed by atoms with van der Waals surface area (Å²) in [6, 6.07) is 12.8. The second-order valence-corrected chi connectivity index (χ2v) is 12.5. The third kappa shape index (κ3) is 10.5. The van der Waals surface area contributed by atoms with Gasteiger partial charge < -0.3 is 40.3 Å². The van der Waals surface area contributed by atoms with E-state index >= 15 is 0 Å². The molecule has 2 saturated heterocycles. The van der Waals surface area contributed by atoms with Gasteiger partial charge in [-0.25, -0.2) is 9.59 Å². The highest BCUT2D eigenvalue weighted by Gasteiger charge is 2.36. The van der Waals surface area contributed by atoms with Crippen LogP contribution in [0.25, 0.3) is 0 Å². The maximum absolute atomic E-state index is 13.3. The summed E-state index contributed by atoms with van der Waals surface area (Å²) in [6.07, 6.45) is 0.933. The molecular formula is C33H43N5O8. The predicted octanol–water partition coefficient (Wildman–Crippen LogP) is 3.84. The van der Waals surface area contributed by atoms with Crippen molar-refractivity contribution in [3.8, 4) is 0 Å². The van der Waals surface area contributed by atoms with Crippen LogP contribution >= 0.6 is 0 Å². The summed E-state index contributed by atoms with van der Waals surface area (Å²) in [5, 5.41) is 17.3. The Kier molecular flexibility index (Phi) is 11.6. The molecule has 2 fully saturated rings. The molecule has 46 heavy (non-hydrogen) atoms. The van der Waals surface area contributed by atoms with Crippen molar-refractivity contribution < 1.29 is 38.6 Å². The van der Waals surface area contributed by atoms with Crippen molar-refractivity contribution in [2.24, 2.45) is 5.92 Å². The Morgan fingerprint density at radius 2 is 1.48 bits per heavy atom. The number of hydrogen-bond acceptors (Lipinski definition) is 7. The lowest BCUT2D eigenvalue weighted by molar-refractivity contribution is -0.154. The number of carbonyl (C=O) groups is 5. The number of nitrogens with zero attached hydrogens (tertiary/aromatic N) is 2. The van der Waals surface area contributed by atoms with Crippen molar-refractivity contribution in [1.29, 1.82) is 0 Å². The van der Waals surface area contributed by atoms with Crippen LogP contribution in [-0.2, 0) is 36.8 Å². The summed E-state index contributed by atoms with van der Waals surface area (Å²) in [5.74, 6) is -1.13. The summed E-state index contributed by atoms with van der Waals surface area (Å²) in [7, 11) is 0. The average molecular weight is 638 g/mol. The third-order valence-corrected chi connectivity index (χ3v) is 7.74. The molecule has 2 aliphatic heterocycles. The van der Waals surface area contributed by atoms with Crippen molar-refractivity contribution >= 4 is 41.3 Å².